The van der Waals surface area contributed by atoms with Gasteiger partial charge in [0.25, 0.3) is 5.91 Å². The molecule has 1 aromatic heterocycles. The first kappa shape index (κ1) is 19.9. The highest BCUT2D eigenvalue weighted by atomic mass is 35.5. The van der Waals surface area contributed by atoms with E-state index in [0.29, 0.717) is 11.3 Å². The number of nitrogens with one attached hydrogen (secondary N) is 2. The first-order valence-corrected chi connectivity index (χ1v) is 10.9. The van der Waals surface area contributed by atoms with Gasteiger partial charge in [0, 0.05) is 28.7 Å². The Morgan fingerprint density at radius 2 is 2.11 bits per heavy atom. The third-order valence-electron chi connectivity index (χ3n) is 4.62. The number of carbonyl (C=O) groups excluding carboxylic acids is 1. The first-order chi connectivity index (χ1) is 12.5. The Bertz CT molecular complexity index is 969. The summed E-state index contributed by atoms with van der Waals surface area (Å²) < 4.78 is 25.3. The number of aromatic nitrogens is 2. The van der Waals surface area contributed by atoms with Gasteiger partial charge in [-0.1, -0.05) is 11.6 Å². The van der Waals surface area contributed by atoms with Gasteiger partial charge in [-0.15, -0.1) is 0 Å². The third-order valence-corrected chi connectivity index (χ3v) is 5.93. The van der Waals surface area contributed by atoms with Crippen LogP contribution in [0.1, 0.15) is 43.1 Å². The predicted molar refractivity (Wildman–Crippen MR) is 105 cm³/mol. The summed E-state index contributed by atoms with van der Waals surface area (Å²) in [5, 5.41) is 10.7. The van der Waals surface area contributed by atoms with Gasteiger partial charge >= 0.3 is 0 Å². The van der Waals surface area contributed by atoms with Crippen LogP contribution in [0.25, 0.3) is 0 Å². The van der Waals surface area contributed by atoms with E-state index in [1.165, 1.54) is 24.4 Å². The lowest BCUT2D eigenvalue weighted by Gasteiger charge is -2.36. The van der Waals surface area contributed by atoms with Crippen molar-refractivity contribution in [2.24, 2.45) is 0 Å². The quantitative estimate of drug-likeness (QED) is 0.808. The van der Waals surface area contributed by atoms with Crippen LogP contribution >= 0.6 is 11.6 Å². The molecule has 1 aliphatic rings. The molecule has 146 valence electrons. The molecule has 1 aromatic carbocycles. The summed E-state index contributed by atoms with van der Waals surface area (Å²) in [6.07, 6.45) is 6.20. The Kier molecular flexibility index (Phi) is 5.33. The van der Waals surface area contributed by atoms with Gasteiger partial charge in [-0.05, 0) is 51.4 Å². The number of carbonyl (C=O) groups is 1. The van der Waals surface area contributed by atoms with Gasteiger partial charge in [0.15, 0.2) is 9.84 Å². The number of halogens is 1. The number of benzene rings is 1. The minimum absolute atomic E-state index is 0.0279. The number of rotatable bonds is 4. The number of piperidine rings is 1. The second-order valence-corrected chi connectivity index (χ2v) is 10.0. The lowest BCUT2D eigenvalue weighted by molar-refractivity contribution is 0.102. The number of hydrogen-bond donors (Lipinski definition) is 2. The van der Waals surface area contributed by atoms with Crippen molar-refractivity contribution >= 4 is 33.0 Å². The van der Waals surface area contributed by atoms with Crippen LogP contribution in [0.4, 0.5) is 5.69 Å². The van der Waals surface area contributed by atoms with Gasteiger partial charge in [-0.2, -0.15) is 5.10 Å². The van der Waals surface area contributed by atoms with Crippen molar-refractivity contribution in [3.05, 3.63) is 41.2 Å². The van der Waals surface area contributed by atoms with Crippen LogP contribution < -0.4 is 10.6 Å². The second kappa shape index (κ2) is 7.26. The van der Waals surface area contributed by atoms with Gasteiger partial charge in [0.2, 0.25) is 0 Å². The lowest BCUT2D eigenvalue weighted by atomic mass is 9.89. The SMILES string of the molecule is CC1(C)CC(n2cc(C(=O)Nc3cc(Cl)cc(S(C)(=O)=O)c3)cn2)CCN1. The van der Waals surface area contributed by atoms with Crippen LogP contribution in [0.15, 0.2) is 35.5 Å². The van der Waals surface area contributed by atoms with E-state index in [9.17, 15) is 13.2 Å². The molecule has 0 aliphatic carbocycles. The van der Waals surface area contributed by atoms with Crippen molar-refractivity contribution < 1.29 is 13.2 Å². The van der Waals surface area contributed by atoms with E-state index in [2.05, 4.69) is 29.6 Å². The predicted octanol–water partition coefficient (Wildman–Crippen LogP) is 2.90. The molecule has 9 heteroatoms. The van der Waals surface area contributed by atoms with Crippen LogP contribution in [-0.2, 0) is 9.84 Å². The first-order valence-electron chi connectivity index (χ1n) is 8.65. The number of nitrogens with zero attached hydrogens (tertiary/aromatic N) is 2. The fourth-order valence-electron chi connectivity index (χ4n) is 3.27. The Morgan fingerprint density at radius 3 is 2.78 bits per heavy atom. The number of sulfone groups is 1. The fourth-order valence-corrected chi connectivity index (χ4v) is 4.26. The van der Waals surface area contributed by atoms with E-state index in [4.69, 9.17) is 11.6 Å². The van der Waals surface area contributed by atoms with Crippen molar-refractivity contribution in [2.75, 3.05) is 18.1 Å². The van der Waals surface area contributed by atoms with Crippen molar-refractivity contribution in [3.63, 3.8) is 0 Å². The summed E-state index contributed by atoms with van der Waals surface area (Å²) in [7, 11) is -3.43. The largest absolute Gasteiger partial charge is 0.322 e. The highest BCUT2D eigenvalue weighted by Crippen LogP contribution is 2.28. The van der Waals surface area contributed by atoms with E-state index in [1.807, 2.05) is 4.68 Å². The molecule has 1 fully saturated rings. The van der Waals surface area contributed by atoms with E-state index in [1.54, 1.807) is 6.20 Å². The molecule has 3 rings (SSSR count). The Balaban J connectivity index is 1.76. The molecule has 0 bridgehead atoms. The zero-order valence-corrected chi connectivity index (χ0v) is 17.1. The molecule has 1 atom stereocenters. The maximum absolute atomic E-state index is 12.5. The highest BCUT2D eigenvalue weighted by molar-refractivity contribution is 7.90. The lowest BCUT2D eigenvalue weighted by Crippen LogP contribution is -2.46. The van der Waals surface area contributed by atoms with Gasteiger partial charge in [0.1, 0.15) is 0 Å². The Labute approximate surface area is 164 Å². The summed E-state index contributed by atoms with van der Waals surface area (Å²) in [5.41, 5.74) is 0.760. The van der Waals surface area contributed by atoms with Crippen LogP contribution in [0, 0.1) is 0 Å². The van der Waals surface area contributed by atoms with Gasteiger partial charge < -0.3 is 10.6 Å². The van der Waals surface area contributed by atoms with E-state index < -0.39 is 9.84 Å². The standard InChI is InChI=1S/C18H23ClN4O3S/c1-18(2)9-15(4-5-20-18)23-11-12(10-21-23)17(24)22-14-6-13(19)7-16(8-14)27(3,25)26/h6-8,10-11,15,20H,4-5,9H2,1-3H3,(H,22,24). The molecule has 1 aliphatic heterocycles. The zero-order valence-electron chi connectivity index (χ0n) is 15.5. The second-order valence-electron chi connectivity index (χ2n) is 7.57. The molecule has 2 heterocycles. The number of amides is 1. The van der Waals surface area contributed by atoms with Crippen molar-refractivity contribution in [2.45, 2.75) is 43.2 Å². The van der Waals surface area contributed by atoms with Crippen molar-refractivity contribution in [1.82, 2.24) is 15.1 Å². The Morgan fingerprint density at radius 1 is 1.37 bits per heavy atom. The monoisotopic (exact) mass is 410 g/mol. The highest BCUT2D eigenvalue weighted by Gasteiger charge is 2.29. The third kappa shape index (κ3) is 4.88. The van der Waals surface area contributed by atoms with Crippen LogP contribution in [0.5, 0.6) is 0 Å². The van der Waals surface area contributed by atoms with E-state index in [0.717, 1.165) is 25.6 Å². The maximum Gasteiger partial charge on any atom is 0.258 e. The minimum atomic E-state index is -3.43. The summed E-state index contributed by atoms with van der Waals surface area (Å²) >= 11 is 5.98. The molecule has 27 heavy (non-hydrogen) atoms. The average Bonchev–Trinajstić information content (AvgIpc) is 3.02. The van der Waals surface area contributed by atoms with Crippen LogP contribution in [0.2, 0.25) is 5.02 Å². The molecule has 0 saturated carbocycles. The molecule has 1 saturated heterocycles. The number of anilines is 1. The molecule has 7 nitrogen and oxygen atoms in total. The normalized spacial score (nSPS) is 19.6. The van der Waals surface area contributed by atoms with Crippen molar-refractivity contribution in [1.29, 1.82) is 0 Å². The summed E-state index contributed by atoms with van der Waals surface area (Å²) in [6, 6.07) is 4.47. The van der Waals surface area contributed by atoms with Crippen molar-refractivity contribution in [3.8, 4) is 0 Å². The molecule has 0 radical (unpaired) electrons. The topological polar surface area (TPSA) is 93.1 Å². The molecule has 2 aromatic rings. The smallest absolute Gasteiger partial charge is 0.258 e. The zero-order chi connectivity index (χ0) is 19.8. The molecule has 2 N–H and O–H groups in total. The summed E-state index contributed by atoms with van der Waals surface area (Å²) in [5.74, 6) is -0.365. The average molecular weight is 411 g/mol. The van der Waals surface area contributed by atoms with Gasteiger partial charge in [0.05, 0.1) is 22.7 Å². The Hall–Kier alpha value is -1.90. The van der Waals surface area contributed by atoms with Crippen LogP contribution in [-0.4, -0.2) is 42.4 Å². The molecule has 1 amide bonds. The van der Waals surface area contributed by atoms with E-state index in [-0.39, 0.29) is 27.4 Å². The summed E-state index contributed by atoms with van der Waals surface area (Å²) in [6.45, 7) is 5.19. The fraction of sp³-hybridized carbons (Fsp3) is 0.444. The maximum atomic E-state index is 12.5. The minimum Gasteiger partial charge on any atom is -0.322 e. The van der Waals surface area contributed by atoms with E-state index >= 15 is 0 Å². The number of hydrogen-bond acceptors (Lipinski definition) is 5. The molecular weight excluding hydrogens is 388 g/mol. The summed E-state index contributed by atoms with van der Waals surface area (Å²) in [4.78, 5) is 12.6. The molecular formula is C18H23ClN4O3S. The van der Waals surface area contributed by atoms with Gasteiger partial charge in [-0.25, -0.2) is 8.42 Å². The van der Waals surface area contributed by atoms with Crippen LogP contribution in [0.3, 0.4) is 0 Å². The van der Waals surface area contributed by atoms with Gasteiger partial charge in [-0.3, -0.25) is 9.48 Å². The molecule has 1 unspecified atom stereocenters. The molecule has 0 spiro atoms.